The molecule has 2 aliphatic rings. The third-order valence-corrected chi connectivity index (χ3v) is 6.26. The van der Waals surface area contributed by atoms with E-state index in [1.54, 1.807) is 6.07 Å². The Bertz CT molecular complexity index is 827. The van der Waals surface area contributed by atoms with Gasteiger partial charge in [-0.2, -0.15) is 13.2 Å². The second kappa shape index (κ2) is 6.42. The van der Waals surface area contributed by atoms with E-state index in [4.69, 9.17) is 5.11 Å². The largest absolute Gasteiger partial charge is 0.481 e. The van der Waals surface area contributed by atoms with Gasteiger partial charge in [0.05, 0.1) is 17.2 Å². The lowest BCUT2D eigenvalue weighted by molar-refractivity contribution is -0.139. The van der Waals surface area contributed by atoms with Gasteiger partial charge in [-0.1, -0.05) is 6.07 Å². The van der Waals surface area contributed by atoms with Crippen LogP contribution in [0.2, 0.25) is 0 Å². The monoisotopic (exact) mass is 384 g/mol. The SMILES string of the molecule is O=C(O)[C@@H]1CC1CN1CCN(c2csc3cc(C(F)(F)F)ccc23)CC1. The fourth-order valence-corrected chi connectivity index (χ4v) is 4.70. The molecule has 2 heterocycles. The summed E-state index contributed by atoms with van der Waals surface area (Å²) >= 11 is 1.34. The molecule has 26 heavy (non-hydrogen) atoms. The maximum absolute atomic E-state index is 12.9. The molecular formula is C18H19F3N2O2S. The second-order valence-electron chi connectivity index (χ2n) is 7.06. The van der Waals surface area contributed by atoms with E-state index >= 15 is 0 Å². The molecule has 0 bridgehead atoms. The molecule has 1 aliphatic heterocycles. The predicted molar refractivity (Wildman–Crippen MR) is 94.7 cm³/mol. The highest BCUT2D eigenvalue weighted by atomic mass is 32.1. The van der Waals surface area contributed by atoms with Crippen LogP contribution in [0.1, 0.15) is 12.0 Å². The number of fused-ring (bicyclic) bond motifs is 1. The van der Waals surface area contributed by atoms with E-state index in [2.05, 4.69) is 9.80 Å². The quantitative estimate of drug-likeness (QED) is 0.872. The van der Waals surface area contributed by atoms with Gasteiger partial charge in [-0.3, -0.25) is 9.69 Å². The van der Waals surface area contributed by atoms with Crippen molar-refractivity contribution in [1.82, 2.24) is 4.90 Å². The maximum Gasteiger partial charge on any atom is 0.416 e. The van der Waals surface area contributed by atoms with Crippen molar-refractivity contribution in [2.75, 3.05) is 37.6 Å². The molecule has 1 saturated carbocycles. The minimum absolute atomic E-state index is 0.184. The molecule has 8 heteroatoms. The van der Waals surface area contributed by atoms with Gasteiger partial charge in [-0.05, 0) is 24.5 Å². The van der Waals surface area contributed by atoms with E-state index in [1.165, 1.54) is 17.4 Å². The van der Waals surface area contributed by atoms with Gasteiger partial charge in [0, 0.05) is 48.2 Å². The Kier molecular flexibility index (Phi) is 4.35. The summed E-state index contributed by atoms with van der Waals surface area (Å²) in [7, 11) is 0. The standard InChI is InChI=1S/C18H19F3N2O2S/c19-18(20,21)12-1-2-13-15(10-26-16(13)8-12)23-5-3-22(4-6-23)9-11-7-14(11)17(24)25/h1-2,8,10-11,14H,3-7,9H2,(H,24,25)/t11?,14-/m1/s1. The first-order valence-corrected chi connectivity index (χ1v) is 9.49. The van der Waals surface area contributed by atoms with Gasteiger partial charge in [0.2, 0.25) is 0 Å². The average molecular weight is 384 g/mol. The Morgan fingerprint density at radius 2 is 1.96 bits per heavy atom. The minimum atomic E-state index is -4.32. The smallest absolute Gasteiger partial charge is 0.416 e. The normalized spacial score (nSPS) is 24.2. The van der Waals surface area contributed by atoms with Crippen LogP contribution in [0.3, 0.4) is 0 Å². The molecule has 4 rings (SSSR count). The van der Waals surface area contributed by atoms with Crippen LogP contribution in [0.4, 0.5) is 18.9 Å². The van der Waals surface area contributed by atoms with E-state index in [0.717, 1.165) is 56.3 Å². The molecule has 2 atom stereocenters. The fraction of sp³-hybridized carbons (Fsp3) is 0.500. The Labute approximate surface area is 152 Å². The van der Waals surface area contributed by atoms with Crippen molar-refractivity contribution in [2.45, 2.75) is 12.6 Å². The number of benzene rings is 1. The van der Waals surface area contributed by atoms with E-state index in [-0.39, 0.29) is 11.8 Å². The molecule has 2 aromatic rings. The Morgan fingerprint density at radius 1 is 1.23 bits per heavy atom. The summed E-state index contributed by atoms with van der Waals surface area (Å²) in [4.78, 5) is 15.4. The van der Waals surface area contributed by atoms with E-state index in [0.29, 0.717) is 4.70 Å². The zero-order valence-corrected chi connectivity index (χ0v) is 14.8. The first-order valence-electron chi connectivity index (χ1n) is 8.61. The first-order chi connectivity index (χ1) is 12.3. The molecular weight excluding hydrogens is 365 g/mol. The van der Waals surface area contributed by atoms with Crippen molar-refractivity contribution < 1.29 is 23.1 Å². The van der Waals surface area contributed by atoms with Crippen molar-refractivity contribution in [3.63, 3.8) is 0 Å². The van der Waals surface area contributed by atoms with Gasteiger partial charge in [-0.15, -0.1) is 11.3 Å². The highest BCUT2D eigenvalue weighted by molar-refractivity contribution is 7.17. The zero-order chi connectivity index (χ0) is 18.5. The predicted octanol–water partition coefficient (Wildman–Crippen LogP) is 3.76. The van der Waals surface area contributed by atoms with Gasteiger partial charge in [0.25, 0.3) is 0 Å². The molecule has 0 amide bonds. The van der Waals surface area contributed by atoms with Crippen LogP contribution in [0.25, 0.3) is 10.1 Å². The van der Waals surface area contributed by atoms with Crippen molar-refractivity contribution >= 4 is 33.1 Å². The molecule has 1 unspecified atom stereocenters. The van der Waals surface area contributed by atoms with Gasteiger partial charge in [-0.25, -0.2) is 0 Å². The van der Waals surface area contributed by atoms with E-state index in [9.17, 15) is 18.0 Å². The molecule has 140 valence electrons. The Morgan fingerprint density at radius 3 is 2.58 bits per heavy atom. The summed E-state index contributed by atoms with van der Waals surface area (Å²) in [5.74, 6) is -0.616. The summed E-state index contributed by atoms with van der Waals surface area (Å²) in [5, 5.41) is 11.8. The van der Waals surface area contributed by atoms with Crippen LogP contribution in [0.5, 0.6) is 0 Å². The van der Waals surface area contributed by atoms with E-state index in [1.807, 2.05) is 5.38 Å². The number of halogens is 3. The van der Waals surface area contributed by atoms with Crippen molar-refractivity contribution in [3.8, 4) is 0 Å². The minimum Gasteiger partial charge on any atom is -0.481 e. The van der Waals surface area contributed by atoms with Gasteiger partial charge in [0.15, 0.2) is 0 Å². The number of piperazine rings is 1. The Hall–Kier alpha value is -1.80. The number of alkyl halides is 3. The van der Waals surface area contributed by atoms with Crippen molar-refractivity contribution in [1.29, 1.82) is 0 Å². The molecule has 2 fully saturated rings. The summed E-state index contributed by atoms with van der Waals surface area (Å²) in [6.07, 6.45) is -3.55. The number of hydrogen-bond donors (Lipinski definition) is 1. The second-order valence-corrected chi connectivity index (χ2v) is 7.97. The van der Waals surface area contributed by atoms with Crippen LogP contribution in [-0.2, 0) is 11.0 Å². The molecule has 0 radical (unpaired) electrons. The number of hydrogen-bond acceptors (Lipinski definition) is 4. The number of carboxylic acids is 1. The average Bonchev–Trinajstić information content (AvgIpc) is 3.23. The summed E-state index contributed by atoms with van der Waals surface area (Å²) in [5.41, 5.74) is 0.383. The van der Waals surface area contributed by atoms with Crippen LogP contribution in [0, 0.1) is 11.8 Å². The number of aliphatic carboxylic acids is 1. The molecule has 1 saturated heterocycles. The van der Waals surface area contributed by atoms with Crippen LogP contribution in [-0.4, -0.2) is 48.7 Å². The molecule has 1 aliphatic carbocycles. The lowest BCUT2D eigenvalue weighted by Gasteiger charge is -2.36. The number of anilines is 1. The lowest BCUT2D eigenvalue weighted by atomic mass is 10.1. The topological polar surface area (TPSA) is 43.8 Å². The molecule has 0 spiro atoms. The third-order valence-electron chi connectivity index (χ3n) is 5.33. The van der Waals surface area contributed by atoms with Crippen molar-refractivity contribution in [3.05, 3.63) is 29.1 Å². The number of carboxylic acid groups (broad SMARTS) is 1. The molecule has 4 nitrogen and oxygen atoms in total. The van der Waals surface area contributed by atoms with Crippen molar-refractivity contribution in [2.24, 2.45) is 11.8 Å². The lowest BCUT2D eigenvalue weighted by Crippen LogP contribution is -2.47. The molecule has 1 aromatic carbocycles. The first kappa shape index (κ1) is 17.6. The fourth-order valence-electron chi connectivity index (χ4n) is 3.69. The number of thiophene rings is 1. The Balaban J connectivity index is 1.41. The highest BCUT2D eigenvalue weighted by Gasteiger charge is 2.44. The number of rotatable bonds is 4. The van der Waals surface area contributed by atoms with Gasteiger partial charge in [0.1, 0.15) is 0 Å². The summed E-state index contributed by atoms with van der Waals surface area (Å²) in [6.45, 7) is 4.13. The summed E-state index contributed by atoms with van der Waals surface area (Å²) in [6, 6.07) is 3.94. The number of nitrogens with zero attached hydrogens (tertiary/aromatic N) is 2. The van der Waals surface area contributed by atoms with Crippen LogP contribution in [0.15, 0.2) is 23.6 Å². The van der Waals surface area contributed by atoms with Crippen LogP contribution < -0.4 is 4.90 Å². The molecule has 1 N–H and O–H groups in total. The number of carbonyl (C=O) groups is 1. The van der Waals surface area contributed by atoms with E-state index < -0.39 is 17.7 Å². The highest BCUT2D eigenvalue weighted by Crippen LogP contribution is 2.40. The third kappa shape index (κ3) is 3.40. The summed E-state index contributed by atoms with van der Waals surface area (Å²) < 4.78 is 39.2. The molecule has 1 aromatic heterocycles. The zero-order valence-electron chi connectivity index (χ0n) is 14.0. The van der Waals surface area contributed by atoms with Gasteiger partial charge < -0.3 is 10.0 Å². The maximum atomic E-state index is 12.9. The van der Waals surface area contributed by atoms with Gasteiger partial charge >= 0.3 is 12.1 Å². The van der Waals surface area contributed by atoms with Crippen LogP contribution >= 0.6 is 11.3 Å².